The van der Waals surface area contributed by atoms with E-state index in [0.717, 1.165) is 16.8 Å². The maximum atomic E-state index is 10.3. The molecule has 0 N–H and O–H groups in total. The van der Waals surface area contributed by atoms with E-state index in [-0.39, 0.29) is 5.92 Å². The summed E-state index contributed by atoms with van der Waals surface area (Å²) in [6, 6.07) is 9.94. The third-order valence-corrected chi connectivity index (χ3v) is 2.30. The van der Waals surface area contributed by atoms with Crippen molar-refractivity contribution in [2.45, 2.75) is 20.8 Å². The molecule has 1 aromatic rings. The van der Waals surface area contributed by atoms with Gasteiger partial charge in [-0.05, 0) is 24.0 Å². The highest BCUT2D eigenvalue weighted by Crippen LogP contribution is 2.23. The Morgan fingerprint density at radius 2 is 1.87 bits per heavy atom. The van der Waals surface area contributed by atoms with Crippen LogP contribution in [0.2, 0.25) is 0 Å². The summed E-state index contributed by atoms with van der Waals surface area (Å²) >= 11 is 0. The lowest BCUT2D eigenvalue weighted by molar-refractivity contribution is 0.563. The highest BCUT2D eigenvalue weighted by molar-refractivity contribution is 5.68. The third-order valence-electron chi connectivity index (χ3n) is 2.30. The van der Waals surface area contributed by atoms with Gasteiger partial charge in [0, 0.05) is 0 Å². The third kappa shape index (κ3) is 2.90. The Kier molecular flexibility index (Phi) is 4.02. The smallest absolute Gasteiger partial charge is 0.211 e. The van der Waals surface area contributed by atoms with E-state index >= 15 is 0 Å². The van der Waals surface area contributed by atoms with Crippen LogP contribution in [0.25, 0.3) is 5.57 Å². The van der Waals surface area contributed by atoms with E-state index in [9.17, 15) is 4.79 Å². The molecule has 0 aliphatic heterocycles. The van der Waals surface area contributed by atoms with Crippen molar-refractivity contribution in [1.29, 1.82) is 0 Å². The summed E-state index contributed by atoms with van der Waals surface area (Å²) < 4.78 is 0. The normalized spacial score (nSPS) is 12.0. The summed E-state index contributed by atoms with van der Waals surface area (Å²) in [5.74, 6) is 0.228. The number of nitrogens with zero attached hydrogens (tertiary/aromatic N) is 1. The van der Waals surface area contributed by atoms with Crippen molar-refractivity contribution >= 4 is 11.7 Å². The minimum Gasteiger partial charge on any atom is -0.211 e. The monoisotopic (exact) mass is 201 g/mol. The number of rotatable bonds is 3. The molecule has 0 bridgehead atoms. The van der Waals surface area contributed by atoms with Crippen LogP contribution in [-0.2, 0) is 4.79 Å². The maximum absolute atomic E-state index is 10.3. The molecule has 0 heterocycles. The van der Waals surface area contributed by atoms with Crippen molar-refractivity contribution in [2.75, 3.05) is 0 Å². The highest BCUT2D eigenvalue weighted by atomic mass is 16.1. The van der Waals surface area contributed by atoms with Crippen LogP contribution in [-0.4, -0.2) is 6.08 Å². The van der Waals surface area contributed by atoms with Crippen molar-refractivity contribution < 1.29 is 4.79 Å². The topological polar surface area (TPSA) is 29.4 Å². The standard InChI is InChI=1S/C13H15NO/c1-10(2)13(14-9-15)11(3)12-7-5-4-6-8-12/h4-8,10H,1-3H3. The van der Waals surface area contributed by atoms with E-state index in [0.29, 0.717) is 0 Å². The van der Waals surface area contributed by atoms with E-state index in [1.807, 2.05) is 51.1 Å². The minimum atomic E-state index is 0.228. The molecule has 1 aromatic carbocycles. The van der Waals surface area contributed by atoms with Crippen molar-refractivity contribution in [2.24, 2.45) is 10.9 Å². The zero-order valence-electron chi connectivity index (χ0n) is 9.32. The van der Waals surface area contributed by atoms with Crippen LogP contribution in [0.5, 0.6) is 0 Å². The molecule has 0 aliphatic rings. The molecule has 78 valence electrons. The molecule has 0 fully saturated rings. The molecule has 0 amide bonds. The van der Waals surface area contributed by atoms with Crippen LogP contribution in [0.4, 0.5) is 0 Å². The van der Waals surface area contributed by atoms with E-state index in [2.05, 4.69) is 4.99 Å². The molecule has 2 nitrogen and oxygen atoms in total. The molecule has 0 saturated carbocycles. The van der Waals surface area contributed by atoms with Crippen LogP contribution >= 0.6 is 0 Å². The number of hydrogen-bond acceptors (Lipinski definition) is 2. The molecule has 15 heavy (non-hydrogen) atoms. The number of aliphatic imine (C=N–C) groups is 1. The van der Waals surface area contributed by atoms with E-state index in [1.165, 1.54) is 0 Å². The number of isocyanates is 1. The molecule has 0 saturated heterocycles. The van der Waals surface area contributed by atoms with Crippen LogP contribution in [0.15, 0.2) is 41.0 Å². The first-order valence-corrected chi connectivity index (χ1v) is 5.01. The van der Waals surface area contributed by atoms with E-state index in [1.54, 1.807) is 6.08 Å². The molecule has 0 atom stereocenters. The Balaban J connectivity index is 3.22. The summed E-state index contributed by atoms with van der Waals surface area (Å²) in [7, 11) is 0. The first-order valence-electron chi connectivity index (χ1n) is 5.01. The van der Waals surface area contributed by atoms with Crippen LogP contribution < -0.4 is 0 Å². The molecule has 0 aromatic heterocycles. The first kappa shape index (κ1) is 11.4. The minimum absolute atomic E-state index is 0.228. The zero-order chi connectivity index (χ0) is 11.3. The number of hydrogen-bond donors (Lipinski definition) is 0. The van der Waals surface area contributed by atoms with Crippen molar-refractivity contribution in [1.82, 2.24) is 0 Å². The van der Waals surface area contributed by atoms with Crippen molar-refractivity contribution in [3.05, 3.63) is 41.6 Å². The fourth-order valence-electron chi connectivity index (χ4n) is 1.53. The van der Waals surface area contributed by atoms with Crippen LogP contribution in [0.3, 0.4) is 0 Å². The van der Waals surface area contributed by atoms with Gasteiger partial charge in [0.2, 0.25) is 6.08 Å². The summed E-state index contributed by atoms with van der Waals surface area (Å²) in [5, 5.41) is 0. The van der Waals surface area contributed by atoms with Crippen LogP contribution in [0, 0.1) is 5.92 Å². The average molecular weight is 201 g/mol. The predicted octanol–water partition coefficient (Wildman–Crippen LogP) is 3.41. The lowest BCUT2D eigenvalue weighted by Gasteiger charge is -2.09. The second-order valence-corrected chi connectivity index (χ2v) is 3.73. The van der Waals surface area contributed by atoms with Gasteiger partial charge < -0.3 is 0 Å². The van der Waals surface area contributed by atoms with E-state index in [4.69, 9.17) is 0 Å². The highest BCUT2D eigenvalue weighted by Gasteiger charge is 2.07. The first-order chi connectivity index (χ1) is 7.16. The molecule has 0 unspecified atom stereocenters. The molecular formula is C13H15NO. The molecule has 1 rings (SSSR count). The Bertz CT molecular complexity index is 398. The van der Waals surface area contributed by atoms with E-state index < -0.39 is 0 Å². The quantitative estimate of drug-likeness (QED) is 0.544. The van der Waals surface area contributed by atoms with Gasteiger partial charge >= 0.3 is 0 Å². The lowest BCUT2D eigenvalue weighted by Crippen LogP contribution is -1.95. The average Bonchev–Trinajstić information content (AvgIpc) is 2.26. The Morgan fingerprint density at radius 3 is 2.33 bits per heavy atom. The van der Waals surface area contributed by atoms with Crippen molar-refractivity contribution in [3.63, 3.8) is 0 Å². The van der Waals surface area contributed by atoms with Crippen LogP contribution in [0.1, 0.15) is 26.3 Å². The molecule has 2 heteroatoms. The molecule has 0 aliphatic carbocycles. The van der Waals surface area contributed by atoms with Gasteiger partial charge in [0.15, 0.2) is 0 Å². The van der Waals surface area contributed by atoms with Gasteiger partial charge in [0.25, 0.3) is 0 Å². The largest absolute Gasteiger partial charge is 0.240 e. The van der Waals surface area contributed by atoms with Gasteiger partial charge in [-0.1, -0.05) is 44.2 Å². The Hall–Kier alpha value is -1.66. The summed E-state index contributed by atoms with van der Waals surface area (Å²) in [6.45, 7) is 6.01. The maximum Gasteiger partial charge on any atom is 0.240 e. The second kappa shape index (κ2) is 5.28. The number of benzene rings is 1. The summed E-state index contributed by atoms with van der Waals surface area (Å²) in [6.07, 6.45) is 1.62. The summed E-state index contributed by atoms with van der Waals surface area (Å²) in [5.41, 5.74) is 2.94. The Labute approximate surface area is 90.4 Å². The fraction of sp³-hybridized carbons (Fsp3) is 0.308. The summed E-state index contributed by atoms with van der Waals surface area (Å²) in [4.78, 5) is 14.1. The van der Waals surface area contributed by atoms with Gasteiger partial charge in [0.05, 0.1) is 5.70 Å². The Morgan fingerprint density at radius 1 is 1.27 bits per heavy atom. The lowest BCUT2D eigenvalue weighted by atomic mass is 10.00. The number of carbonyl (C=O) groups excluding carboxylic acids is 1. The molecule has 0 spiro atoms. The predicted molar refractivity (Wildman–Crippen MR) is 62.0 cm³/mol. The van der Waals surface area contributed by atoms with Gasteiger partial charge in [-0.15, -0.1) is 0 Å². The van der Waals surface area contributed by atoms with Gasteiger partial charge in [-0.2, -0.15) is 4.99 Å². The zero-order valence-corrected chi connectivity index (χ0v) is 9.32. The van der Waals surface area contributed by atoms with Crippen molar-refractivity contribution in [3.8, 4) is 0 Å². The molecular weight excluding hydrogens is 186 g/mol. The fourth-order valence-corrected chi connectivity index (χ4v) is 1.53. The van der Waals surface area contributed by atoms with Gasteiger partial charge in [0.1, 0.15) is 0 Å². The second-order valence-electron chi connectivity index (χ2n) is 3.73. The van der Waals surface area contributed by atoms with Gasteiger partial charge in [-0.3, -0.25) is 0 Å². The SMILES string of the molecule is CC(=C(N=C=O)C(C)C)c1ccccc1. The van der Waals surface area contributed by atoms with Gasteiger partial charge in [-0.25, -0.2) is 4.79 Å². The molecule has 0 radical (unpaired) electrons. The number of allylic oxidation sites excluding steroid dienone is 2.